The molecule has 1 atom stereocenters. The summed E-state index contributed by atoms with van der Waals surface area (Å²) in [5.74, 6) is 0. The van der Waals surface area contributed by atoms with Gasteiger partial charge in [0.2, 0.25) is 10.0 Å². The molecule has 19 heavy (non-hydrogen) atoms. The summed E-state index contributed by atoms with van der Waals surface area (Å²) >= 11 is 3.27. The lowest BCUT2D eigenvalue weighted by atomic mass is 9.88. The van der Waals surface area contributed by atoms with E-state index in [2.05, 4.69) is 15.9 Å². The molecule has 1 aromatic rings. The predicted molar refractivity (Wildman–Crippen MR) is 82.4 cm³/mol. The lowest BCUT2D eigenvalue weighted by Crippen LogP contribution is -2.43. The van der Waals surface area contributed by atoms with Crippen molar-refractivity contribution in [1.82, 2.24) is 4.31 Å². The number of sulfonamides is 1. The fourth-order valence-corrected chi connectivity index (χ4v) is 3.68. The lowest BCUT2D eigenvalue weighted by Gasteiger charge is -2.34. The molecule has 0 saturated heterocycles. The number of rotatable bonds is 3. The van der Waals surface area contributed by atoms with Crippen LogP contribution >= 0.6 is 15.9 Å². The molecule has 1 aromatic carbocycles. The van der Waals surface area contributed by atoms with Crippen LogP contribution in [0.4, 0.5) is 5.69 Å². The van der Waals surface area contributed by atoms with Crippen molar-refractivity contribution < 1.29 is 8.42 Å². The zero-order valence-corrected chi connectivity index (χ0v) is 14.3. The van der Waals surface area contributed by atoms with Crippen LogP contribution < -0.4 is 5.73 Å². The Balaban J connectivity index is 3.24. The highest BCUT2D eigenvalue weighted by atomic mass is 79.9. The minimum Gasteiger partial charge on any atom is -0.398 e. The molecule has 4 nitrogen and oxygen atoms in total. The van der Waals surface area contributed by atoms with Gasteiger partial charge in [-0.3, -0.25) is 0 Å². The van der Waals surface area contributed by atoms with Gasteiger partial charge in [0.1, 0.15) is 4.90 Å². The molecule has 2 N–H and O–H groups in total. The summed E-state index contributed by atoms with van der Waals surface area (Å²) in [6.07, 6.45) is 0. The molecule has 0 radical (unpaired) electrons. The Kier molecular flexibility index (Phi) is 4.70. The van der Waals surface area contributed by atoms with Gasteiger partial charge in [0.15, 0.2) is 0 Å². The van der Waals surface area contributed by atoms with Crippen molar-refractivity contribution in [2.24, 2.45) is 5.41 Å². The summed E-state index contributed by atoms with van der Waals surface area (Å²) in [5.41, 5.74) is 5.92. The predicted octanol–water partition coefficient (Wildman–Crippen LogP) is 3.09. The second-order valence-corrected chi connectivity index (χ2v) is 8.63. The SMILES string of the molecule is CC(N(C)S(=O)(=O)c1ccc(Br)cc1N)C(C)(C)C. The van der Waals surface area contributed by atoms with Crippen LogP contribution in [-0.4, -0.2) is 25.8 Å². The summed E-state index contributed by atoms with van der Waals surface area (Å²) in [5, 5.41) is 0. The van der Waals surface area contributed by atoms with Crippen LogP contribution in [0, 0.1) is 5.41 Å². The van der Waals surface area contributed by atoms with Gasteiger partial charge in [-0.2, -0.15) is 4.31 Å². The number of nitrogens with zero attached hydrogens (tertiary/aromatic N) is 1. The van der Waals surface area contributed by atoms with Crippen molar-refractivity contribution in [2.75, 3.05) is 12.8 Å². The Morgan fingerprint density at radius 3 is 2.26 bits per heavy atom. The van der Waals surface area contributed by atoms with Crippen LogP contribution in [0.2, 0.25) is 0 Å². The molecule has 0 amide bonds. The molecule has 1 rings (SSSR count). The van der Waals surface area contributed by atoms with E-state index in [4.69, 9.17) is 5.73 Å². The van der Waals surface area contributed by atoms with Crippen molar-refractivity contribution in [3.8, 4) is 0 Å². The summed E-state index contributed by atoms with van der Waals surface area (Å²) in [7, 11) is -1.99. The number of anilines is 1. The summed E-state index contributed by atoms with van der Waals surface area (Å²) < 4.78 is 27.3. The van der Waals surface area contributed by atoms with Crippen LogP contribution in [0.15, 0.2) is 27.6 Å². The van der Waals surface area contributed by atoms with E-state index in [1.807, 2.05) is 27.7 Å². The highest BCUT2D eigenvalue weighted by Gasteiger charge is 2.33. The Labute approximate surface area is 124 Å². The topological polar surface area (TPSA) is 63.4 Å². The van der Waals surface area contributed by atoms with Crippen LogP contribution in [0.1, 0.15) is 27.7 Å². The molecule has 0 fully saturated rings. The van der Waals surface area contributed by atoms with Gasteiger partial charge in [-0.15, -0.1) is 0 Å². The van der Waals surface area contributed by atoms with Gasteiger partial charge in [-0.05, 0) is 30.5 Å². The number of nitrogens with two attached hydrogens (primary N) is 1. The Morgan fingerprint density at radius 1 is 1.32 bits per heavy atom. The van der Waals surface area contributed by atoms with Crippen molar-refractivity contribution >= 4 is 31.6 Å². The molecule has 1 unspecified atom stereocenters. The molecular formula is C13H21BrN2O2S. The number of hydrogen-bond donors (Lipinski definition) is 1. The van der Waals surface area contributed by atoms with Gasteiger partial charge in [-0.1, -0.05) is 36.7 Å². The summed E-state index contributed by atoms with van der Waals surface area (Å²) in [6, 6.07) is 4.67. The molecule has 0 heterocycles. The van der Waals surface area contributed by atoms with Gasteiger partial charge in [-0.25, -0.2) is 8.42 Å². The fraction of sp³-hybridized carbons (Fsp3) is 0.538. The second-order valence-electron chi connectivity index (χ2n) is 5.75. The van der Waals surface area contributed by atoms with Crippen LogP contribution in [0.5, 0.6) is 0 Å². The smallest absolute Gasteiger partial charge is 0.245 e. The fourth-order valence-electron chi connectivity index (χ4n) is 1.66. The van der Waals surface area contributed by atoms with Gasteiger partial charge in [0.25, 0.3) is 0 Å². The Bertz CT molecular complexity index is 564. The third-order valence-corrected chi connectivity index (χ3v) is 5.92. The average molecular weight is 349 g/mol. The van der Waals surface area contributed by atoms with E-state index >= 15 is 0 Å². The molecule has 0 aliphatic heterocycles. The maximum Gasteiger partial charge on any atom is 0.245 e. The highest BCUT2D eigenvalue weighted by molar-refractivity contribution is 9.10. The maximum atomic E-state index is 12.6. The molecule has 0 aromatic heterocycles. The van der Waals surface area contributed by atoms with Crippen molar-refractivity contribution in [3.05, 3.63) is 22.7 Å². The van der Waals surface area contributed by atoms with Crippen LogP contribution in [0.3, 0.4) is 0 Å². The van der Waals surface area contributed by atoms with E-state index in [0.29, 0.717) is 0 Å². The molecule has 108 valence electrons. The molecule has 0 aliphatic carbocycles. The van der Waals surface area contributed by atoms with E-state index < -0.39 is 10.0 Å². The first-order valence-corrected chi connectivity index (χ1v) is 8.24. The zero-order valence-electron chi connectivity index (χ0n) is 11.9. The standard InChI is InChI=1S/C13H21BrN2O2S/c1-9(13(2,3)4)16(5)19(17,18)12-7-6-10(14)8-11(12)15/h6-9H,15H2,1-5H3. The van der Waals surface area contributed by atoms with Crippen LogP contribution in [0.25, 0.3) is 0 Å². The van der Waals surface area contributed by atoms with Crippen LogP contribution in [-0.2, 0) is 10.0 Å². The number of hydrogen-bond acceptors (Lipinski definition) is 3. The molecule has 0 aliphatic rings. The molecule has 0 saturated carbocycles. The largest absolute Gasteiger partial charge is 0.398 e. The Hall–Kier alpha value is -0.590. The van der Waals surface area contributed by atoms with E-state index in [1.165, 1.54) is 10.4 Å². The summed E-state index contributed by atoms with van der Waals surface area (Å²) in [6.45, 7) is 7.92. The van der Waals surface area contributed by atoms with E-state index in [0.717, 1.165) is 4.47 Å². The number of benzene rings is 1. The third kappa shape index (κ3) is 3.49. The first-order valence-electron chi connectivity index (χ1n) is 6.01. The first kappa shape index (κ1) is 16.5. The van der Waals surface area contributed by atoms with Gasteiger partial charge in [0, 0.05) is 17.6 Å². The third-order valence-electron chi connectivity index (χ3n) is 3.43. The number of halogens is 1. The van der Waals surface area contributed by atoms with Gasteiger partial charge < -0.3 is 5.73 Å². The maximum absolute atomic E-state index is 12.6. The average Bonchev–Trinajstić information content (AvgIpc) is 2.25. The second kappa shape index (κ2) is 5.42. The highest BCUT2D eigenvalue weighted by Crippen LogP contribution is 2.30. The molecule has 0 spiro atoms. The monoisotopic (exact) mass is 348 g/mol. The Morgan fingerprint density at radius 2 is 1.84 bits per heavy atom. The normalized spacial score (nSPS) is 14.7. The molecular weight excluding hydrogens is 328 g/mol. The van der Waals surface area contributed by atoms with Gasteiger partial charge in [0.05, 0.1) is 5.69 Å². The zero-order chi connectivity index (χ0) is 15.0. The minimum atomic E-state index is -3.58. The van der Waals surface area contributed by atoms with E-state index in [9.17, 15) is 8.42 Å². The number of nitrogen functional groups attached to an aromatic ring is 1. The molecule has 6 heteroatoms. The lowest BCUT2D eigenvalue weighted by molar-refractivity contribution is 0.216. The first-order chi connectivity index (χ1) is 8.48. The van der Waals surface area contributed by atoms with Crippen molar-refractivity contribution in [1.29, 1.82) is 0 Å². The molecule has 0 bridgehead atoms. The quantitative estimate of drug-likeness (QED) is 0.853. The van der Waals surface area contributed by atoms with Crippen molar-refractivity contribution in [3.63, 3.8) is 0 Å². The van der Waals surface area contributed by atoms with E-state index in [-0.39, 0.29) is 22.0 Å². The van der Waals surface area contributed by atoms with Gasteiger partial charge >= 0.3 is 0 Å². The summed E-state index contributed by atoms with van der Waals surface area (Å²) in [4.78, 5) is 0.148. The van der Waals surface area contributed by atoms with E-state index in [1.54, 1.807) is 19.2 Å². The van der Waals surface area contributed by atoms with Crippen molar-refractivity contribution in [2.45, 2.75) is 38.6 Å². The minimum absolute atomic E-state index is 0.138.